The Balaban J connectivity index is 1.72. The van der Waals surface area contributed by atoms with E-state index in [1.54, 1.807) is 12.3 Å². The van der Waals surface area contributed by atoms with Crippen molar-refractivity contribution in [3.05, 3.63) is 41.0 Å². The van der Waals surface area contributed by atoms with Gasteiger partial charge in [0.25, 0.3) is 0 Å². The largest absolute Gasteiger partial charge is 0.467 e. The highest BCUT2D eigenvalue weighted by atomic mass is 16.3. The van der Waals surface area contributed by atoms with Gasteiger partial charge in [-0.15, -0.1) is 0 Å². The number of anilines is 1. The fourth-order valence-corrected chi connectivity index (χ4v) is 3.22. The molecule has 142 valence electrons. The van der Waals surface area contributed by atoms with Crippen LogP contribution in [-0.4, -0.2) is 47.5 Å². The molecule has 0 aromatic carbocycles. The van der Waals surface area contributed by atoms with E-state index in [9.17, 15) is 14.9 Å². The Kier molecular flexibility index (Phi) is 5.62. The van der Waals surface area contributed by atoms with Crippen molar-refractivity contribution in [3.8, 4) is 6.07 Å². The van der Waals surface area contributed by atoms with Crippen LogP contribution in [0.1, 0.15) is 29.0 Å². The number of amides is 2. The Labute approximate surface area is 157 Å². The first-order chi connectivity index (χ1) is 13.0. The highest BCUT2D eigenvalue weighted by Gasteiger charge is 2.21. The van der Waals surface area contributed by atoms with Crippen molar-refractivity contribution in [2.24, 2.45) is 0 Å². The molecule has 27 heavy (non-hydrogen) atoms. The number of nitrogens with one attached hydrogen (secondary N) is 2. The minimum absolute atomic E-state index is 0.0213. The van der Waals surface area contributed by atoms with Gasteiger partial charge < -0.3 is 19.6 Å². The smallest absolute Gasteiger partial charge is 0.234 e. The van der Waals surface area contributed by atoms with Crippen molar-refractivity contribution in [2.75, 3.05) is 31.5 Å². The number of nitrogens with zero attached hydrogens (tertiary/aromatic N) is 3. The van der Waals surface area contributed by atoms with E-state index in [1.807, 2.05) is 29.4 Å². The molecule has 3 heterocycles. The van der Waals surface area contributed by atoms with Crippen LogP contribution in [0.5, 0.6) is 0 Å². The quantitative estimate of drug-likeness (QED) is 0.801. The number of aromatic nitrogens is 1. The SMILES string of the molecule is Cc1c(C#N)c(NC(=O)CCN2CCNC(=O)C2)n(Cc2ccco2)c1C. The molecule has 2 aromatic rings. The van der Waals surface area contributed by atoms with Gasteiger partial charge in [-0.3, -0.25) is 14.5 Å². The van der Waals surface area contributed by atoms with Crippen LogP contribution in [0.4, 0.5) is 5.82 Å². The zero-order chi connectivity index (χ0) is 19.4. The van der Waals surface area contributed by atoms with Crippen molar-refractivity contribution in [3.63, 3.8) is 0 Å². The Bertz CT molecular complexity index is 876. The van der Waals surface area contributed by atoms with Crippen molar-refractivity contribution >= 4 is 17.6 Å². The van der Waals surface area contributed by atoms with Crippen molar-refractivity contribution < 1.29 is 14.0 Å². The molecular formula is C19H23N5O3. The van der Waals surface area contributed by atoms with Gasteiger partial charge in [0.1, 0.15) is 17.6 Å². The first-order valence-corrected chi connectivity index (χ1v) is 8.90. The van der Waals surface area contributed by atoms with Gasteiger partial charge >= 0.3 is 0 Å². The van der Waals surface area contributed by atoms with Crippen LogP contribution < -0.4 is 10.6 Å². The summed E-state index contributed by atoms with van der Waals surface area (Å²) >= 11 is 0. The van der Waals surface area contributed by atoms with Crippen LogP contribution in [0.3, 0.4) is 0 Å². The Morgan fingerprint density at radius 1 is 1.44 bits per heavy atom. The Morgan fingerprint density at radius 2 is 2.26 bits per heavy atom. The number of hydrogen-bond donors (Lipinski definition) is 2. The van der Waals surface area contributed by atoms with E-state index in [4.69, 9.17) is 4.42 Å². The molecule has 0 aliphatic carbocycles. The first kappa shape index (κ1) is 18.7. The molecule has 3 rings (SSSR count). The third-order valence-corrected chi connectivity index (χ3v) is 4.87. The zero-order valence-electron chi connectivity index (χ0n) is 15.5. The Hall–Kier alpha value is -3.05. The number of piperazine rings is 1. The van der Waals surface area contributed by atoms with Crippen LogP contribution in [-0.2, 0) is 16.1 Å². The molecule has 8 heteroatoms. The summed E-state index contributed by atoms with van der Waals surface area (Å²) in [6.07, 6.45) is 1.85. The van der Waals surface area contributed by atoms with Crippen molar-refractivity contribution in [1.29, 1.82) is 5.26 Å². The summed E-state index contributed by atoms with van der Waals surface area (Å²) in [5, 5.41) is 15.2. The van der Waals surface area contributed by atoms with Gasteiger partial charge in [0.15, 0.2) is 0 Å². The molecule has 0 saturated carbocycles. The Morgan fingerprint density at radius 3 is 2.93 bits per heavy atom. The lowest BCUT2D eigenvalue weighted by atomic mass is 10.2. The van der Waals surface area contributed by atoms with Gasteiger partial charge in [-0.2, -0.15) is 5.26 Å². The molecule has 1 aliphatic heterocycles. The van der Waals surface area contributed by atoms with E-state index in [0.29, 0.717) is 37.6 Å². The van der Waals surface area contributed by atoms with E-state index < -0.39 is 0 Å². The molecule has 2 amide bonds. The molecule has 0 unspecified atom stereocenters. The molecule has 1 fully saturated rings. The van der Waals surface area contributed by atoms with Gasteiger partial charge in [0.05, 0.1) is 24.9 Å². The van der Waals surface area contributed by atoms with Gasteiger partial charge in [-0.25, -0.2) is 0 Å². The predicted molar refractivity (Wildman–Crippen MR) is 99.1 cm³/mol. The standard InChI is InChI=1S/C19H23N5O3/c1-13-14(2)24(11-15-4-3-9-27-15)19(16(13)10-20)22-17(25)5-7-23-8-6-21-18(26)12-23/h3-4,9H,5-8,11-12H2,1-2H3,(H,21,26)(H,22,25). The number of hydrogen-bond acceptors (Lipinski definition) is 5. The summed E-state index contributed by atoms with van der Waals surface area (Å²) in [5.41, 5.74) is 2.21. The normalized spacial score (nSPS) is 14.6. The maximum atomic E-state index is 12.5. The van der Waals surface area contributed by atoms with E-state index in [-0.39, 0.29) is 18.2 Å². The number of furan rings is 1. The number of carbonyl (C=O) groups excluding carboxylic acids is 2. The molecule has 0 bridgehead atoms. The second kappa shape index (κ2) is 8.10. The maximum Gasteiger partial charge on any atom is 0.234 e. The zero-order valence-corrected chi connectivity index (χ0v) is 15.5. The summed E-state index contributed by atoms with van der Waals surface area (Å²) < 4.78 is 7.30. The van der Waals surface area contributed by atoms with Gasteiger partial charge in [0.2, 0.25) is 11.8 Å². The molecule has 0 atom stereocenters. The number of rotatable bonds is 6. The van der Waals surface area contributed by atoms with Crippen LogP contribution >= 0.6 is 0 Å². The van der Waals surface area contributed by atoms with E-state index in [0.717, 1.165) is 23.6 Å². The van der Waals surface area contributed by atoms with Gasteiger partial charge in [-0.05, 0) is 31.5 Å². The van der Waals surface area contributed by atoms with Crippen LogP contribution in [0.2, 0.25) is 0 Å². The molecular weight excluding hydrogens is 346 g/mol. The van der Waals surface area contributed by atoms with Crippen LogP contribution in [0.25, 0.3) is 0 Å². The molecule has 1 saturated heterocycles. The second-order valence-electron chi connectivity index (χ2n) is 6.64. The number of carbonyl (C=O) groups is 2. The van der Waals surface area contributed by atoms with Gasteiger partial charge in [-0.1, -0.05) is 0 Å². The molecule has 1 aliphatic rings. The summed E-state index contributed by atoms with van der Waals surface area (Å²) in [6.45, 7) is 6.36. The molecule has 0 radical (unpaired) electrons. The topological polar surface area (TPSA) is 103 Å². The summed E-state index contributed by atoms with van der Waals surface area (Å²) in [7, 11) is 0. The minimum Gasteiger partial charge on any atom is -0.467 e. The number of nitriles is 1. The summed E-state index contributed by atoms with van der Waals surface area (Å²) in [6, 6.07) is 5.85. The average Bonchev–Trinajstić information content (AvgIpc) is 3.23. The third kappa shape index (κ3) is 4.20. The van der Waals surface area contributed by atoms with Crippen molar-refractivity contribution in [1.82, 2.24) is 14.8 Å². The lowest BCUT2D eigenvalue weighted by molar-refractivity contribution is -0.125. The lowest BCUT2D eigenvalue weighted by Crippen LogP contribution is -2.48. The first-order valence-electron chi connectivity index (χ1n) is 8.90. The monoisotopic (exact) mass is 369 g/mol. The molecule has 2 aromatic heterocycles. The lowest BCUT2D eigenvalue weighted by Gasteiger charge is -2.26. The predicted octanol–water partition coefficient (Wildman–Crippen LogP) is 1.38. The third-order valence-electron chi connectivity index (χ3n) is 4.87. The van der Waals surface area contributed by atoms with E-state index in [1.165, 1.54) is 0 Å². The highest BCUT2D eigenvalue weighted by molar-refractivity contribution is 5.92. The minimum atomic E-state index is -0.185. The van der Waals surface area contributed by atoms with E-state index in [2.05, 4.69) is 16.7 Å². The average molecular weight is 369 g/mol. The molecule has 0 spiro atoms. The van der Waals surface area contributed by atoms with Crippen LogP contribution in [0.15, 0.2) is 22.8 Å². The van der Waals surface area contributed by atoms with Gasteiger partial charge in [0, 0.05) is 31.7 Å². The van der Waals surface area contributed by atoms with Crippen LogP contribution in [0, 0.1) is 25.2 Å². The summed E-state index contributed by atoms with van der Waals surface area (Å²) in [4.78, 5) is 25.9. The molecule has 8 nitrogen and oxygen atoms in total. The fraction of sp³-hybridized carbons (Fsp3) is 0.421. The molecule has 2 N–H and O–H groups in total. The maximum absolute atomic E-state index is 12.5. The fourth-order valence-electron chi connectivity index (χ4n) is 3.22. The van der Waals surface area contributed by atoms with Crippen molar-refractivity contribution in [2.45, 2.75) is 26.8 Å². The highest BCUT2D eigenvalue weighted by Crippen LogP contribution is 2.27. The van der Waals surface area contributed by atoms with E-state index >= 15 is 0 Å². The second-order valence-corrected chi connectivity index (χ2v) is 6.64. The summed E-state index contributed by atoms with van der Waals surface area (Å²) in [5.74, 6) is 1.03.